The van der Waals surface area contributed by atoms with Crippen LogP contribution in [0.3, 0.4) is 0 Å². The normalized spacial score (nSPS) is 12.5. The van der Waals surface area contributed by atoms with E-state index in [9.17, 15) is 13.2 Å². The summed E-state index contributed by atoms with van der Waals surface area (Å²) in [4.78, 5) is 12.6. The molecule has 0 aliphatic rings. The van der Waals surface area contributed by atoms with Crippen LogP contribution in [-0.4, -0.2) is 37.8 Å². The van der Waals surface area contributed by atoms with E-state index in [1.807, 2.05) is 32.0 Å². The van der Waals surface area contributed by atoms with Crippen LogP contribution in [0.1, 0.15) is 46.5 Å². The van der Waals surface area contributed by atoms with Crippen molar-refractivity contribution >= 4 is 21.6 Å². The van der Waals surface area contributed by atoms with Gasteiger partial charge in [-0.25, -0.2) is 8.42 Å². The van der Waals surface area contributed by atoms with E-state index in [-0.39, 0.29) is 10.8 Å². The van der Waals surface area contributed by atoms with E-state index in [4.69, 9.17) is 4.74 Å². The second-order valence-corrected chi connectivity index (χ2v) is 9.14. The van der Waals surface area contributed by atoms with Crippen molar-refractivity contribution in [1.82, 2.24) is 4.31 Å². The average molecular weight is 433 g/mol. The highest BCUT2D eigenvalue weighted by molar-refractivity contribution is 7.89. The van der Waals surface area contributed by atoms with Gasteiger partial charge in [0.1, 0.15) is 5.75 Å². The van der Waals surface area contributed by atoms with Gasteiger partial charge < -0.3 is 10.1 Å². The lowest BCUT2D eigenvalue weighted by Crippen LogP contribution is -2.33. The molecule has 0 saturated heterocycles. The third-order valence-corrected chi connectivity index (χ3v) is 6.62. The van der Waals surface area contributed by atoms with Crippen molar-refractivity contribution in [1.29, 1.82) is 0 Å². The molecule has 0 heterocycles. The minimum Gasteiger partial charge on any atom is -0.481 e. The van der Waals surface area contributed by atoms with Crippen LogP contribution in [0.4, 0.5) is 5.69 Å². The van der Waals surface area contributed by atoms with Gasteiger partial charge in [0.05, 0.1) is 4.90 Å². The number of sulfonamides is 1. The standard InChI is InChI=1S/C23H32N2O4S/c1-4-6-17-25(18-7-5-2)30(27,28)22-15-13-20(14-16-22)24-23(26)19(3)29-21-11-9-8-10-12-21/h8-16,19H,4-7,17-18H2,1-3H3,(H,24,26). The summed E-state index contributed by atoms with van der Waals surface area (Å²) < 4.78 is 33.2. The van der Waals surface area contributed by atoms with Crippen LogP contribution in [-0.2, 0) is 14.8 Å². The maximum Gasteiger partial charge on any atom is 0.265 e. The van der Waals surface area contributed by atoms with Crippen LogP contribution in [0.25, 0.3) is 0 Å². The van der Waals surface area contributed by atoms with E-state index in [1.54, 1.807) is 47.6 Å². The molecule has 0 aliphatic carbocycles. The number of carbonyl (C=O) groups excluding carboxylic acids is 1. The first-order valence-electron chi connectivity index (χ1n) is 10.5. The van der Waals surface area contributed by atoms with Gasteiger partial charge in [-0.2, -0.15) is 4.31 Å². The monoisotopic (exact) mass is 432 g/mol. The second-order valence-electron chi connectivity index (χ2n) is 7.20. The number of rotatable bonds is 12. The number of benzene rings is 2. The van der Waals surface area contributed by atoms with Crippen molar-refractivity contribution in [2.45, 2.75) is 57.5 Å². The Balaban J connectivity index is 2.04. The third kappa shape index (κ3) is 6.85. The summed E-state index contributed by atoms with van der Waals surface area (Å²) in [6.07, 6.45) is 2.85. The SMILES string of the molecule is CCCCN(CCCC)S(=O)(=O)c1ccc(NC(=O)C(C)Oc2ccccc2)cc1. The molecule has 1 atom stereocenters. The number of anilines is 1. The summed E-state index contributed by atoms with van der Waals surface area (Å²) in [6, 6.07) is 15.4. The smallest absolute Gasteiger partial charge is 0.265 e. The number of amides is 1. The fourth-order valence-corrected chi connectivity index (χ4v) is 4.40. The van der Waals surface area contributed by atoms with Crippen molar-refractivity contribution in [3.63, 3.8) is 0 Å². The lowest BCUT2D eigenvalue weighted by Gasteiger charge is -2.22. The van der Waals surface area contributed by atoms with Crippen LogP contribution in [0.5, 0.6) is 5.75 Å². The fourth-order valence-electron chi connectivity index (χ4n) is 2.88. The van der Waals surface area contributed by atoms with Crippen LogP contribution in [0.2, 0.25) is 0 Å². The number of nitrogens with zero attached hydrogens (tertiary/aromatic N) is 1. The van der Waals surface area contributed by atoms with Gasteiger partial charge in [0.2, 0.25) is 10.0 Å². The zero-order valence-corrected chi connectivity index (χ0v) is 18.8. The Bertz CT molecular complexity index is 875. The maximum atomic E-state index is 13.0. The van der Waals surface area contributed by atoms with Crippen molar-refractivity contribution in [2.24, 2.45) is 0 Å². The van der Waals surface area contributed by atoms with Gasteiger partial charge in [-0.3, -0.25) is 4.79 Å². The van der Waals surface area contributed by atoms with Gasteiger partial charge in [-0.05, 0) is 56.2 Å². The molecule has 1 amide bonds. The van der Waals surface area contributed by atoms with Crippen LogP contribution >= 0.6 is 0 Å². The molecule has 0 saturated carbocycles. The highest BCUT2D eigenvalue weighted by atomic mass is 32.2. The predicted molar refractivity (Wildman–Crippen MR) is 120 cm³/mol. The quantitative estimate of drug-likeness (QED) is 0.528. The Morgan fingerprint density at radius 1 is 0.967 bits per heavy atom. The Labute approximate surface area is 180 Å². The number of para-hydroxylation sites is 1. The van der Waals surface area contributed by atoms with Crippen LogP contribution < -0.4 is 10.1 Å². The molecule has 2 rings (SSSR count). The molecular formula is C23H32N2O4S. The Morgan fingerprint density at radius 3 is 2.07 bits per heavy atom. The van der Waals surface area contributed by atoms with E-state index < -0.39 is 16.1 Å². The van der Waals surface area contributed by atoms with Crippen LogP contribution in [0, 0.1) is 0 Å². The molecule has 0 aliphatic heterocycles. The second kappa shape index (κ2) is 11.7. The van der Waals surface area contributed by atoms with Gasteiger partial charge in [0.15, 0.2) is 6.10 Å². The highest BCUT2D eigenvalue weighted by Gasteiger charge is 2.23. The summed E-state index contributed by atoms with van der Waals surface area (Å²) in [5.74, 6) is 0.308. The van der Waals surface area contributed by atoms with E-state index in [0.717, 1.165) is 25.7 Å². The summed E-state index contributed by atoms with van der Waals surface area (Å²) in [5.41, 5.74) is 0.524. The molecule has 0 spiro atoms. The molecule has 0 fully saturated rings. The zero-order chi connectivity index (χ0) is 22.0. The molecule has 1 unspecified atom stereocenters. The highest BCUT2D eigenvalue weighted by Crippen LogP contribution is 2.20. The fraction of sp³-hybridized carbons (Fsp3) is 0.435. The Kier molecular flexibility index (Phi) is 9.33. The summed E-state index contributed by atoms with van der Waals surface area (Å²) in [5, 5.41) is 2.77. The van der Waals surface area contributed by atoms with E-state index in [2.05, 4.69) is 5.32 Å². The number of hydrogen-bond acceptors (Lipinski definition) is 4. The Morgan fingerprint density at radius 2 is 1.53 bits per heavy atom. The van der Waals surface area contributed by atoms with Gasteiger partial charge in [0.25, 0.3) is 5.91 Å². The number of unbranched alkanes of at least 4 members (excludes halogenated alkanes) is 2. The summed E-state index contributed by atoms with van der Waals surface area (Å²) >= 11 is 0. The minimum absolute atomic E-state index is 0.237. The lowest BCUT2D eigenvalue weighted by molar-refractivity contribution is -0.122. The van der Waals surface area contributed by atoms with E-state index in [0.29, 0.717) is 24.5 Å². The number of carbonyl (C=O) groups is 1. The van der Waals surface area contributed by atoms with Crippen LogP contribution in [0.15, 0.2) is 59.5 Å². The van der Waals surface area contributed by atoms with Crippen molar-refractivity contribution in [3.8, 4) is 5.75 Å². The molecule has 6 nitrogen and oxygen atoms in total. The van der Waals surface area contributed by atoms with E-state index in [1.165, 1.54) is 0 Å². The van der Waals surface area contributed by atoms with Gasteiger partial charge in [-0.1, -0.05) is 44.9 Å². The number of hydrogen-bond donors (Lipinski definition) is 1. The molecule has 30 heavy (non-hydrogen) atoms. The first kappa shape index (κ1) is 23.9. The molecule has 2 aromatic rings. The number of nitrogens with one attached hydrogen (secondary N) is 1. The molecule has 1 N–H and O–H groups in total. The molecule has 0 bridgehead atoms. The largest absolute Gasteiger partial charge is 0.481 e. The Hall–Kier alpha value is -2.38. The van der Waals surface area contributed by atoms with Crippen molar-refractivity contribution in [2.75, 3.05) is 18.4 Å². The lowest BCUT2D eigenvalue weighted by atomic mass is 10.3. The molecule has 2 aromatic carbocycles. The van der Waals surface area contributed by atoms with Gasteiger partial charge >= 0.3 is 0 Å². The van der Waals surface area contributed by atoms with Gasteiger partial charge in [0, 0.05) is 18.8 Å². The maximum absolute atomic E-state index is 13.0. The van der Waals surface area contributed by atoms with Gasteiger partial charge in [-0.15, -0.1) is 0 Å². The topological polar surface area (TPSA) is 75.7 Å². The molecular weight excluding hydrogens is 400 g/mol. The zero-order valence-electron chi connectivity index (χ0n) is 18.0. The first-order chi connectivity index (χ1) is 14.4. The summed E-state index contributed by atoms with van der Waals surface area (Å²) in [7, 11) is -3.55. The summed E-state index contributed by atoms with van der Waals surface area (Å²) in [6.45, 7) is 6.80. The minimum atomic E-state index is -3.55. The van der Waals surface area contributed by atoms with E-state index >= 15 is 0 Å². The molecule has 7 heteroatoms. The average Bonchev–Trinajstić information content (AvgIpc) is 2.74. The third-order valence-electron chi connectivity index (χ3n) is 4.71. The first-order valence-corrected chi connectivity index (χ1v) is 11.9. The molecule has 0 radical (unpaired) electrons. The van der Waals surface area contributed by atoms with Crippen molar-refractivity contribution < 1.29 is 17.9 Å². The molecule has 164 valence electrons. The molecule has 0 aromatic heterocycles. The predicted octanol–water partition coefficient (Wildman–Crippen LogP) is 4.68. The van der Waals surface area contributed by atoms with Crippen molar-refractivity contribution in [3.05, 3.63) is 54.6 Å². The number of ether oxygens (including phenoxy) is 1.